The number of nitrogens with zero attached hydrogens (tertiary/aromatic N) is 4. The molecule has 0 radical (unpaired) electrons. The SMILES string of the molecule is CCC1CCN(CC(=NNC2CCC(N([O-])O)CC2N([O-])O)C2CCC(Cl)CC2)CC1. The number of alkyl halides is 1. The summed E-state index contributed by atoms with van der Waals surface area (Å²) < 4.78 is 0. The molecule has 1 heterocycles. The van der Waals surface area contributed by atoms with E-state index in [1.54, 1.807) is 0 Å². The molecule has 1 saturated heterocycles. The number of hydrogen-bond acceptors (Lipinski definition) is 9. The lowest BCUT2D eigenvalue weighted by molar-refractivity contribution is -0.137. The maximum absolute atomic E-state index is 11.7. The number of piperidine rings is 1. The number of hydrogen-bond donors (Lipinski definition) is 3. The highest BCUT2D eigenvalue weighted by molar-refractivity contribution is 6.20. The zero-order valence-electron chi connectivity index (χ0n) is 18.5. The van der Waals surface area contributed by atoms with Crippen LogP contribution in [0.25, 0.3) is 0 Å². The number of likely N-dealkylation sites (tertiary alicyclic amines) is 1. The molecule has 0 spiro atoms. The van der Waals surface area contributed by atoms with Crippen molar-refractivity contribution in [2.45, 2.75) is 94.6 Å². The van der Waals surface area contributed by atoms with Gasteiger partial charge in [0, 0.05) is 29.9 Å². The predicted molar refractivity (Wildman–Crippen MR) is 121 cm³/mol. The third kappa shape index (κ3) is 7.23. The van der Waals surface area contributed by atoms with Gasteiger partial charge in [-0.15, -0.1) is 11.6 Å². The van der Waals surface area contributed by atoms with Gasteiger partial charge in [-0.25, -0.2) is 0 Å². The maximum Gasteiger partial charge on any atom is 0.0608 e. The molecule has 31 heavy (non-hydrogen) atoms. The molecule has 0 aromatic heterocycles. The first-order chi connectivity index (χ1) is 14.9. The monoisotopic (exact) mass is 459 g/mol. The summed E-state index contributed by atoms with van der Waals surface area (Å²) in [6.07, 6.45) is 8.68. The van der Waals surface area contributed by atoms with E-state index in [1.807, 2.05) is 0 Å². The molecule has 3 unspecified atom stereocenters. The van der Waals surface area contributed by atoms with Crippen LogP contribution in [-0.4, -0.2) is 74.6 Å². The Morgan fingerprint density at radius 1 is 1.03 bits per heavy atom. The van der Waals surface area contributed by atoms with E-state index in [4.69, 9.17) is 16.7 Å². The lowest BCUT2D eigenvalue weighted by Gasteiger charge is -2.45. The predicted octanol–water partition coefficient (Wildman–Crippen LogP) is 3.52. The minimum absolute atomic E-state index is 0.0877. The fourth-order valence-corrected chi connectivity index (χ4v) is 5.56. The van der Waals surface area contributed by atoms with Crippen LogP contribution in [0.15, 0.2) is 5.10 Å². The Morgan fingerprint density at radius 3 is 2.29 bits per heavy atom. The Kier molecular flexibility index (Phi) is 9.79. The molecule has 2 saturated carbocycles. The quantitative estimate of drug-likeness (QED) is 0.286. The normalized spacial score (nSPS) is 34.5. The van der Waals surface area contributed by atoms with Gasteiger partial charge >= 0.3 is 0 Å². The largest absolute Gasteiger partial charge is 0.762 e. The van der Waals surface area contributed by atoms with Crippen LogP contribution in [0, 0.1) is 22.3 Å². The highest BCUT2D eigenvalue weighted by Gasteiger charge is 2.33. The third-order valence-electron chi connectivity index (χ3n) is 7.56. The van der Waals surface area contributed by atoms with E-state index in [9.17, 15) is 20.8 Å². The lowest BCUT2D eigenvalue weighted by Crippen LogP contribution is -2.53. The number of halogens is 1. The Labute approximate surface area is 190 Å². The molecule has 10 heteroatoms. The molecule has 3 fully saturated rings. The van der Waals surface area contributed by atoms with E-state index in [-0.39, 0.29) is 28.3 Å². The number of hydrazone groups is 1. The van der Waals surface area contributed by atoms with Crippen LogP contribution in [-0.2, 0) is 0 Å². The molecule has 0 bridgehead atoms. The molecule has 0 aromatic carbocycles. The van der Waals surface area contributed by atoms with E-state index in [1.165, 1.54) is 19.3 Å². The first-order valence-electron chi connectivity index (χ1n) is 11.9. The Hall–Kier alpha value is -0.520. The molecular formula is C21H38ClN5O4-2. The highest BCUT2D eigenvalue weighted by atomic mass is 35.5. The van der Waals surface area contributed by atoms with Gasteiger partial charge < -0.3 is 26.3 Å². The van der Waals surface area contributed by atoms with E-state index < -0.39 is 12.1 Å². The molecule has 180 valence electrons. The molecule has 3 N–H and O–H groups in total. The van der Waals surface area contributed by atoms with Crippen molar-refractivity contribution >= 4 is 17.3 Å². The van der Waals surface area contributed by atoms with Gasteiger partial charge in [0.2, 0.25) is 0 Å². The van der Waals surface area contributed by atoms with Crippen molar-refractivity contribution < 1.29 is 10.4 Å². The number of rotatable bonds is 8. The van der Waals surface area contributed by atoms with Crippen molar-refractivity contribution in [1.29, 1.82) is 0 Å². The summed E-state index contributed by atoms with van der Waals surface area (Å²) >= 11 is 6.32. The maximum atomic E-state index is 11.7. The van der Waals surface area contributed by atoms with Crippen molar-refractivity contribution in [2.24, 2.45) is 16.9 Å². The first kappa shape index (κ1) is 25.1. The summed E-state index contributed by atoms with van der Waals surface area (Å²) in [6.45, 7) is 5.23. The zero-order valence-corrected chi connectivity index (χ0v) is 19.3. The first-order valence-corrected chi connectivity index (χ1v) is 12.3. The van der Waals surface area contributed by atoms with Gasteiger partial charge in [0.15, 0.2) is 0 Å². The van der Waals surface area contributed by atoms with E-state index in [0.29, 0.717) is 18.8 Å². The second-order valence-electron chi connectivity index (χ2n) is 9.55. The lowest BCUT2D eigenvalue weighted by atomic mass is 9.84. The highest BCUT2D eigenvalue weighted by Crippen LogP contribution is 2.30. The van der Waals surface area contributed by atoms with Gasteiger partial charge in [0.1, 0.15) is 0 Å². The van der Waals surface area contributed by atoms with E-state index in [2.05, 4.69) is 17.2 Å². The summed E-state index contributed by atoms with van der Waals surface area (Å²) in [6, 6.07) is -1.89. The van der Waals surface area contributed by atoms with Crippen LogP contribution in [0.2, 0.25) is 0 Å². The minimum atomic E-state index is -0.828. The fourth-order valence-electron chi connectivity index (χ4n) is 5.31. The van der Waals surface area contributed by atoms with Crippen LogP contribution >= 0.6 is 11.6 Å². The van der Waals surface area contributed by atoms with E-state index >= 15 is 0 Å². The molecule has 3 aliphatic rings. The molecule has 0 amide bonds. The summed E-state index contributed by atoms with van der Waals surface area (Å²) in [4.78, 5) is 2.47. The molecule has 2 aliphatic carbocycles. The van der Waals surface area contributed by atoms with Crippen LogP contribution in [0.5, 0.6) is 0 Å². The number of nitrogens with one attached hydrogen (secondary N) is 1. The van der Waals surface area contributed by atoms with Crippen molar-refractivity contribution in [3.8, 4) is 0 Å². The smallest absolute Gasteiger partial charge is 0.0608 e. The molecule has 9 nitrogen and oxygen atoms in total. The van der Waals surface area contributed by atoms with Crippen molar-refractivity contribution in [1.82, 2.24) is 20.8 Å². The Morgan fingerprint density at radius 2 is 1.71 bits per heavy atom. The van der Waals surface area contributed by atoms with E-state index in [0.717, 1.165) is 56.9 Å². The van der Waals surface area contributed by atoms with Gasteiger partial charge in [0.05, 0.1) is 11.8 Å². The second-order valence-corrected chi connectivity index (χ2v) is 10.2. The average Bonchev–Trinajstić information content (AvgIpc) is 2.77. The number of hydroxylamine groups is 4. The molecule has 3 atom stereocenters. The molecule has 3 rings (SSSR count). The summed E-state index contributed by atoms with van der Waals surface area (Å²) in [5.74, 6) is 1.19. The minimum Gasteiger partial charge on any atom is -0.762 e. The topological polar surface area (TPSA) is 121 Å². The van der Waals surface area contributed by atoms with Crippen LogP contribution in [0.4, 0.5) is 0 Å². The Bertz CT molecular complexity index is 566. The van der Waals surface area contributed by atoms with Crippen LogP contribution in [0.3, 0.4) is 0 Å². The van der Waals surface area contributed by atoms with Gasteiger partial charge in [-0.3, -0.25) is 15.4 Å². The second kappa shape index (κ2) is 12.1. The average molecular weight is 460 g/mol. The van der Waals surface area contributed by atoms with Crippen molar-refractivity contribution in [3.05, 3.63) is 10.4 Å². The third-order valence-corrected chi connectivity index (χ3v) is 7.99. The molecule has 0 aromatic rings. The van der Waals surface area contributed by atoms with Gasteiger partial charge in [-0.05, 0) is 76.8 Å². The Balaban J connectivity index is 1.66. The van der Waals surface area contributed by atoms with Crippen molar-refractivity contribution in [2.75, 3.05) is 19.6 Å². The van der Waals surface area contributed by atoms with Gasteiger partial charge in [-0.2, -0.15) is 5.10 Å². The fraction of sp³-hybridized carbons (Fsp3) is 0.952. The van der Waals surface area contributed by atoms with Gasteiger partial charge in [-0.1, -0.05) is 13.3 Å². The molecule has 1 aliphatic heterocycles. The summed E-state index contributed by atoms with van der Waals surface area (Å²) in [5, 5.41) is 46.5. The summed E-state index contributed by atoms with van der Waals surface area (Å²) in [5.41, 5.74) is 4.25. The molecular weight excluding hydrogens is 422 g/mol. The zero-order chi connectivity index (χ0) is 22.4. The summed E-state index contributed by atoms with van der Waals surface area (Å²) in [7, 11) is 0. The van der Waals surface area contributed by atoms with Gasteiger partial charge in [0.25, 0.3) is 0 Å². The van der Waals surface area contributed by atoms with Crippen LogP contribution in [0.1, 0.15) is 71.1 Å². The van der Waals surface area contributed by atoms with Crippen molar-refractivity contribution in [3.63, 3.8) is 0 Å². The standard InChI is InChI=1S/C21H38ClN5O4/c1-2-15-9-11-25(12-10-15)14-20(16-3-5-17(22)6-4-16)24-23-19-8-7-18(26(28)29)13-21(19)27(30)31/h15-19,21,23,28,30H,2-14H2,1H3/q-2. The van der Waals surface area contributed by atoms with Crippen LogP contribution < -0.4 is 5.43 Å².